The van der Waals surface area contributed by atoms with Crippen LogP contribution in [0.25, 0.3) is 0 Å². The summed E-state index contributed by atoms with van der Waals surface area (Å²) in [6, 6.07) is 0. The van der Waals surface area contributed by atoms with Crippen LogP contribution in [0.4, 0.5) is 0 Å². The van der Waals surface area contributed by atoms with E-state index in [-0.39, 0.29) is 44.4 Å². The average Bonchev–Trinajstić information content (AvgIpc) is 3.30. The fraction of sp³-hybridized carbons (Fsp3) is 0.475. The maximum absolute atomic E-state index is 12.8. The number of carbonyl (C=O) groups excluding carboxylic acids is 3. The Kier molecular flexibility index (Phi) is 47.3. The van der Waals surface area contributed by atoms with Gasteiger partial charge in [0, 0.05) is 19.3 Å². The van der Waals surface area contributed by atoms with Crippen molar-refractivity contribution in [1.29, 1.82) is 0 Å². The maximum Gasteiger partial charge on any atom is 0.306 e. The predicted octanol–water partition coefficient (Wildman–Crippen LogP) is 16.4. The number of hydrogen-bond acceptors (Lipinski definition) is 6. The van der Waals surface area contributed by atoms with Crippen molar-refractivity contribution in [3.8, 4) is 0 Å². The molecule has 0 spiro atoms. The molecule has 0 fully saturated rings. The Balaban J connectivity index is 4.71. The van der Waals surface area contributed by atoms with Gasteiger partial charge in [0.1, 0.15) is 13.2 Å². The molecule has 0 bridgehead atoms. The highest BCUT2D eigenvalue weighted by Gasteiger charge is 2.19. The number of ether oxygens (including phenoxy) is 3. The zero-order chi connectivity index (χ0) is 47.2. The summed E-state index contributed by atoms with van der Waals surface area (Å²) in [5.74, 6) is -1.17. The van der Waals surface area contributed by atoms with Crippen LogP contribution >= 0.6 is 0 Å². The van der Waals surface area contributed by atoms with Crippen LogP contribution in [0.2, 0.25) is 0 Å². The van der Waals surface area contributed by atoms with Gasteiger partial charge in [-0.25, -0.2) is 0 Å². The number of carbonyl (C=O) groups is 3. The second kappa shape index (κ2) is 51.4. The molecule has 1 atom stereocenters. The molecule has 0 aromatic rings. The highest BCUT2D eigenvalue weighted by molar-refractivity contribution is 5.71. The Hall–Kier alpha value is -5.23. The third kappa shape index (κ3) is 49.6. The number of unbranched alkanes of at least 4 members (excludes halogenated alkanes) is 6. The van der Waals surface area contributed by atoms with E-state index in [4.69, 9.17) is 14.2 Å². The van der Waals surface area contributed by atoms with Crippen LogP contribution in [-0.4, -0.2) is 37.2 Å². The van der Waals surface area contributed by atoms with E-state index in [1.165, 1.54) is 25.7 Å². The van der Waals surface area contributed by atoms with E-state index in [1.54, 1.807) is 0 Å². The summed E-state index contributed by atoms with van der Waals surface area (Å²) < 4.78 is 16.6. The van der Waals surface area contributed by atoms with Gasteiger partial charge < -0.3 is 14.2 Å². The second-order valence-corrected chi connectivity index (χ2v) is 15.4. The van der Waals surface area contributed by atoms with Crippen molar-refractivity contribution < 1.29 is 28.6 Å². The molecule has 1 unspecified atom stereocenters. The molecule has 0 aliphatic carbocycles. The molecule has 65 heavy (non-hydrogen) atoms. The highest BCUT2D eigenvalue weighted by Crippen LogP contribution is 2.08. The molecule has 0 saturated heterocycles. The first kappa shape index (κ1) is 59.8. The molecule has 0 aliphatic heterocycles. The van der Waals surface area contributed by atoms with Gasteiger partial charge in [0.2, 0.25) is 0 Å². The van der Waals surface area contributed by atoms with Gasteiger partial charge >= 0.3 is 17.9 Å². The van der Waals surface area contributed by atoms with Crippen molar-refractivity contribution in [2.45, 2.75) is 168 Å². The van der Waals surface area contributed by atoms with Crippen molar-refractivity contribution in [3.63, 3.8) is 0 Å². The summed E-state index contributed by atoms with van der Waals surface area (Å²) in [6.45, 7) is 6.15. The summed E-state index contributed by atoms with van der Waals surface area (Å²) in [6.07, 6.45) is 76.4. The minimum atomic E-state index is -0.867. The number of allylic oxidation sites excluding steroid dienone is 28. The van der Waals surface area contributed by atoms with Crippen molar-refractivity contribution in [2.24, 2.45) is 0 Å². The van der Waals surface area contributed by atoms with Crippen LogP contribution in [0.15, 0.2) is 170 Å². The fourth-order valence-electron chi connectivity index (χ4n) is 5.67. The minimum absolute atomic E-state index is 0.161. The Morgan fingerprint density at radius 1 is 0.338 bits per heavy atom. The standard InChI is InChI=1S/C59H86O6/c1-4-7-10-13-16-19-22-25-27-29-31-34-37-40-43-46-49-52-58(61)64-55-56(54-63-57(60)51-48-45-42-39-36-33-24-21-18-15-12-9-6-3)65-59(62)53-50-47-44-41-38-35-32-30-28-26-23-20-17-14-11-8-5-2/h7,9-10,12,15-21,24-28,31-36,39-44,56H,4-6,8,11,13-14,22-23,29-30,37-38,45-55H2,1-3H3/b10-7+,12-9+,18-15+,19-16+,20-17+,24-21+,27-25+,28-26+,34-31+,35-32+,36-33+,42-39+,43-40+,44-41+. The highest BCUT2D eigenvalue weighted by atomic mass is 16.6. The summed E-state index contributed by atoms with van der Waals surface area (Å²) >= 11 is 0. The van der Waals surface area contributed by atoms with E-state index in [1.807, 2.05) is 54.7 Å². The predicted molar refractivity (Wildman–Crippen MR) is 278 cm³/mol. The Labute approximate surface area is 396 Å². The molecule has 0 aromatic carbocycles. The van der Waals surface area contributed by atoms with Crippen LogP contribution in [-0.2, 0) is 28.6 Å². The van der Waals surface area contributed by atoms with Crippen LogP contribution in [0.5, 0.6) is 0 Å². The molecule has 6 heteroatoms. The first-order valence-electron chi connectivity index (χ1n) is 24.7. The zero-order valence-corrected chi connectivity index (χ0v) is 40.7. The van der Waals surface area contributed by atoms with Crippen molar-refractivity contribution in [3.05, 3.63) is 170 Å². The molecule has 0 amide bonds. The van der Waals surface area contributed by atoms with Crippen molar-refractivity contribution in [1.82, 2.24) is 0 Å². The first-order chi connectivity index (χ1) is 32.0. The Bertz CT molecular complexity index is 1590. The molecule has 0 aromatic heterocycles. The maximum atomic E-state index is 12.8. The van der Waals surface area contributed by atoms with Gasteiger partial charge in [0.15, 0.2) is 6.10 Å². The van der Waals surface area contributed by atoms with Crippen LogP contribution in [0.3, 0.4) is 0 Å². The molecule has 0 saturated carbocycles. The first-order valence-corrected chi connectivity index (χ1v) is 24.7. The monoisotopic (exact) mass is 891 g/mol. The van der Waals surface area contributed by atoms with Gasteiger partial charge in [-0.15, -0.1) is 0 Å². The van der Waals surface area contributed by atoms with Gasteiger partial charge in [-0.05, 0) is 109 Å². The topological polar surface area (TPSA) is 78.9 Å². The van der Waals surface area contributed by atoms with Gasteiger partial charge in [0.05, 0.1) is 0 Å². The summed E-state index contributed by atoms with van der Waals surface area (Å²) in [4.78, 5) is 37.9. The quantitative estimate of drug-likeness (QED) is 0.0200. The minimum Gasteiger partial charge on any atom is -0.462 e. The molecule has 0 heterocycles. The van der Waals surface area contributed by atoms with Crippen molar-refractivity contribution >= 4 is 17.9 Å². The van der Waals surface area contributed by atoms with Crippen LogP contribution in [0.1, 0.15) is 162 Å². The lowest BCUT2D eigenvalue weighted by molar-refractivity contribution is -0.166. The molecule has 6 nitrogen and oxygen atoms in total. The molecule has 0 rings (SSSR count). The fourth-order valence-corrected chi connectivity index (χ4v) is 5.67. The van der Waals surface area contributed by atoms with E-state index < -0.39 is 12.1 Å². The third-order valence-corrected chi connectivity index (χ3v) is 9.31. The summed E-state index contributed by atoms with van der Waals surface area (Å²) in [5.41, 5.74) is 0. The summed E-state index contributed by atoms with van der Waals surface area (Å²) in [5, 5.41) is 0. The van der Waals surface area contributed by atoms with Crippen LogP contribution < -0.4 is 0 Å². The number of rotatable bonds is 41. The van der Waals surface area contributed by atoms with E-state index in [2.05, 4.69) is 136 Å². The van der Waals surface area contributed by atoms with E-state index in [0.717, 1.165) is 77.0 Å². The number of esters is 3. The molecular formula is C59H86O6. The average molecular weight is 891 g/mol. The van der Waals surface area contributed by atoms with Gasteiger partial charge in [-0.1, -0.05) is 204 Å². The Morgan fingerprint density at radius 2 is 0.662 bits per heavy atom. The molecule has 0 radical (unpaired) electrons. The smallest absolute Gasteiger partial charge is 0.306 e. The van der Waals surface area contributed by atoms with E-state index in [0.29, 0.717) is 19.3 Å². The zero-order valence-electron chi connectivity index (χ0n) is 40.7. The lowest BCUT2D eigenvalue weighted by Gasteiger charge is -2.18. The third-order valence-electron chi connectivity index (χ3n) is 9.31. The molecular weight excluding hydrogens is 805 g/mol. The molecule has 0 N–H and O–H groups in total. The van der Waals surface area contributed by atoms with Gasteiger partial charge in [-0.3, -0.25) is 14.4 Å². The van der Waals surface area contributed by atoms with Crippen molar-refractivity contribution in [2.75, 3.05) is 13.2 Å². The van der Waals surface area contributed by atoms with Crippen LogP contribution in [0, 0.1) is 0 Å². The Morgan fingerprint density at radius 3 is 1.06 bits per heavy atom. The van der Waals surface area contributed by atoms with Gasteiger partial charge in [-0.2, -0.15) is 0 Å². The molecule has 358 valence electrons. The lowest BCUT2D eigenvalue weighted by Crippen LogP contribution is -2.30. The van der Waals surface area contributed by atoms with E-state index >= 15 is 0 Å². The largest absolute Gasteiger partial charge is 0.462 e. The van der Waals surface area contributed by atoms with Gasteiger partial charge in [0.25, 0.3) is 0 Å². The number of hydrogen-bond donors (Lipinski definition) is 0. The van der Waals surface area contributed by atoms with E-state index in [9.17, 15) is 14.4 Å². The molecule has 0 aliphatic rings. The SMILES string of the molecule is CC/C=C/C=C/C=C/C=C/C=C/CCCC(=O)OCC(COC(=O)CCC/C=C/C/C=C/C/C=C/C/C=C/C/C=C/CC)OC(=O)CCC/C=C/C/C=C/C/C=C/C/C=C/CCCCC. The summed E-state index contributed by atoms with van der Waals surface area (Å²) in [7, 11) is 0. The lowest BCUT2D eigenvalue weighted by atomic mass is 10.2. The normalized spacial score (nSPS) is 13.6. The second-order valence-electron chi connectivity index (χ2n) is 15.4.